The number of phenols is 1. The smallest absolute Gasteiger partial charge is 0.269 e. The maximum Gasteiger partial charge on any atom is 0.269 e. The summed E-state index contributed by atoms with van der Waals surface area (Å²) >= 11 is 3.29. The summed E-state index contributed by atoms with van der Waals surface area (Å²) in [5.41, 5.74) is 2.56. The van der Waals surface area contributed by atoms with E-state index < -0.39 is 0 Å². The fraction of sp³-hybridized carbons (Fsp3) is 0.125. The summed E-state index contributed by atoms with van der Waals surface area (Å²) in [5.74, 6) is 0.545. The molecule has 120 valence electrons. The number of aromatic hydroxyl groups is 1. The summed E-state index contributed by atoms with van der Waals surface area (Å²) in [6.07, 6.45) is 1.65. The molecule has 3 aromatic rings. The lowest BCUT2D eigenvalue weighted by molar-refractivity contribution is 0.0924. The molecule has 1 amide bonds. The van der Waals surface area contributed by atoms with E-state index in [0.717, 1.165) is 5.56 Å². The second-order valence-electron chi connectivity index (χ2n) is 5.33. The van der Waals surface area contributed by atoms with Crippen molar-refractivity contribution in [2.75, 3.05) is 6.54 Å². The number of phenolic OH excluding ortho intramolecular Hbond substituents is 1. The summed E-state index contributed by atoms with van der Waals surface area (Å²) in [7, 11) is 0. The average molecular weight is 386 g/mol. The molecule has 8 heteroatoms. The summed E-state index contributed by atoms with van der Waals surface area (Å²) in [4.78, 5) is 20.7. The van der Waals surface area contributed by atoms with Gasteiger partial charge in [-0.3, -0.25) is 9.48 Å². The van der Waals surface area contributed by atoms with Crippen molar-refractivity contribution in [3.8, 4) is 28.5 Å². The van der Waals surface area contributed by atoms with Crippen LogP contribution in [0.15, 0.2) is 41.0 Å². The third kappa shape index (κ3) is 2.54. The van der Waals surface area contributed by atoms with Crippen LogP contribution in [0.5, 0.6) is 5.75 Å². The number of carbonyl (C=O) groups excluding carboxylic acids is 1. The summed E-state index contributed by atoms with van der Waals surface area (Å²) in [6, 6.07) is 8.55. The highest BCUT2D eigenvalue weighted by Crippen LogP contribution is 2.29. The van der Waals surface area contributed by atoms with Crippen molar-refractivity contribution in [3.63, 3.8) is 0 Å². The molecule has 3 heterocycles. The Morgan fingerprint density at radius 2 is 2.08 bits per heavy atom. The molecule has 1 aliphatic heterocycles. The van der Waals surface area contributed by atoms with Gasteiger partial charge in [0.05, 0.1) is 16.7 Å². The van der Waals surface area contributed by atoms with Crippen molar-refractivity contribution in [2.24, 2.45) is 0 Å². The lowest BCUT2D eigenvalue weighted by Gasteiger charge is -2.13. The van der Waals surface area contributed by atoms with E-state index in [-0.39, 0.29) is 11.7 Å². The zero-order chi connectivity index (χ0) is 16.7. The number of aromatic nitrogens is 4. The molecule has 4 rings (SSSR count). The first-order valence-electron chi connectivity index (χ1n) is 7.30. The molecule has 24 heavy (non-hydrogen) atoms. The van der Waals surface area contributed by atoms with E-state index in [4.69, 9.17) is 0 Å². The van der Waals surface area contributed by atoms with Gasteiger partial charge in [0.1, 0.15) is 17.1 Å². The molecule has 0 spiro atoms. The largest absolute Gasteiger partial charge is 0.507 e. The lowest BCUT2D eigenvalue weighted by Crippen LogP contribution is -2.35. The fourth-order valence-corrected chi connectivity index (χ4v) is 2.93. The van der Waals surface area contributed by atoms with Gasteiger partial charge < -0.3 is 10.4 Å². The topological polar surface area (TPSA) is 92.9 Å². The zero-order valence-corrected chi connectivity index (χ0v) is 14.0. The Morgan fingerprint density at radius 3 is 2.88 bits per heavy atom. The molecule has 1 aliphatic rings. The minimum atomic E-state index is -0.128. The van der Waals surface area contributed by atoms with Gasteiger partial charge in [-0.25, -0.2) is 9.97 Å². The van der Waals surface area contributed by atoms with Gasteiger partial charge in [0.2, 0.25) is 0 Å². The highest BCUT2D eigenvalue weighted by Gasteiger charge is 2.20. The van der Waals surface area contributed by atoms with Gasteiger partial charge >= 0.3 is 0 Å². The van der Waals surface area contributed by atoms with E-state index in [2.05, 4.69) is 36.3 Å². The maximum absolute atomic E-state index is 11.9. The van der Waals surface area contributed by atoms with Crippen molar-refractivity contribution in [1.82, 2.24) is 25.1 Å². The molecule has 1 aromatic carbocycles. The van der Waals surface area contributed by atoms with Gasteiger partial charge in [-0.15, -0.1) is 0 Å². The van der Waals surface area contributed by atoms with Crippen LogP contribution in [0.1, 0.15) is 10.5 Å². The molecule has 0 saturated carbocycles. The SMILES string of the molecule is O=C1NCCn2nc(-c3ccnc(-c4ccc(O)c(Br)c4)n3)cc21. The summed E-state index contributed by atoms with van der Waals surface area (Å²) in [6.45, 7) is 1.22. The van der Waals surface area contributed by atoms with Crippen molar-refractivity contribution < 1.29 is 9.90 Å². The number of benzene rings is 1. The predicted molar refractivity (Wildman–Crippen MR) is 90.4 cm³/mol. The van der Waals surface area contributed by atoms with Crippen LogP contribution in [0.4, 0.5) is 0 Å². The van der Waals surface area contributed by atoms with Gasteiger partial charge in [-0.1, -0.05) is 0 Å². The molecule has 0 aliphatic carbocycles. The number of amides is 1. The van der Waals surface area contributed by atoms with Crippen molar-refractivity contribution in [2.45, 2.75) is 6.54 Å². The van der Waals surface area contributed by atoms with Crippen LogP contribution in [0.3, 0.4) is 0 Å². The molecular formula is C16H12BrN5O2. The molecule has 7 nitrogen and oxygen atoms in total. The molecule has 0 saturated heterocycles. The van der Waals surface area contributed by atoms with Crippen LogP contribution >= 0.6 is 15.9 Å². The Bertz CT molecular complexity index is 953. The lowest BCUT2D eigenvalue weighted by atomic mass is 10.2. The van der Waals surface area contributed by atoms with Crippen LogP contribution in [0.2, 0.25) is 0 Å². The predicted octanol–water partition coefficient (Wildman–Crippen LogP) is 2.22. The summed E-state index contributed by atoms with van der Waals surface area (Å²) < 4.78 is 2.26. The summed E-state index contributed by atoms with van der Waals surface area (Å²) in [5, 5.41) is 16.8. The number of nitrogens with zero attached hydrogens (tertiary/aromatic N) is 4. The van der Waals surface area contributed by atoms with Crippen LogP contribution in [-0.2, 0) is 6.54 Å². The third-order valence-electron chi connectivity index (χ3n) is 3.75. The number of carbonyl (C=O) groups is 1. The molecular weight excluding hydrogens is 374 g/mol. The van der Waals surface area contributed by atoms with Crippen LogP contribution < -0.4 is 5.32 Å². The van der Waals surface area contributed by atoms with Gasteiger partial charge in [0, 0.05) is 18.3 Å². The minimum absolute atomic E-state index is 0.128. The van der Waals surface area contributed by atoms with Gasteiger partial charge in [-0.2, -0.15) is 5.10 Å². The minimum Gasteiger partial charge on any atom is -0.507 e. The van der Waals surface area contributed by atoms with Crippen molar-refractivity contribution >= 4 is 21.8 Å². The number of rotatable bonds is 2. The number of nitrogens with one attached hydrogen (secondary N) is 1. The molecule has 2 N–H and O–H groups in total. The number of fused-ring (bicyclic) bond motifs is 1. The molecule has 0 fully saturated rings. The Morgan fingerprint density at radius 1 is 1.21 bits per heavy atom. The number of halogens is 1. The zero-order valence-electron chi connectivity index (χ0n) is 12.4. The average Bonchev–Trinajstić information content (AvgIpc) is 3.03. The Labute approximate surface area is 145 Å². The van der Waals surface area contributed by atoms with Gasteiger partial charge in [0.25, 0.3) is 5.91 Å². The molecule has 2 aromatic heterocycles. The second-order valence-corrected chi connectivity index (χ2v) is 6.18. The van der Waals surface area contributed by atoms with Crippen LogP contribution in [0, 0.1) is 0 Å². The fourth-order valence-electron chi connectivity index (χ4n) is 2.55. The molecule has 0 atom stereocenters. The van der Waals surface area contributed by atoms with E-state index in [1.54, 1.807) is 41.2 Å². The van der Waals surface area contributed by atoms with Crippen molar-refractivity contribution in [3.05, 3.63) is 46.7 Å². The Balaban J connectivity index is 1.75. The standard InChI is InChI=1S/C16H12BrN5O2/c17-10-7-9(1-2-14(10)23)15-18-4-3-11(20-15)12-8-13-16(24)19-5-6-22(13)21-12/h1-4,7-8,23H,5-6H2,(H,19,24). The van der Waals surface area contributed by atoms with E-state index in [1.165, 1.54) is 0 Å². The van der Waals surface area contributed by atoms with Crippen LogP contribution in [-0.4, -0.2) is 37.3 Å². The Kier molecular flexibility index (Phi) is 3.53. The van der Waals surface area contributed by atoms with Crippen molar-refractivity contribution in [1.29, 1.82) is 0 Å². The highest BCUT2D eigenvalue weighted by molar-refractivity contribution is 9.10. The quantitative estimate of drug-likeness (QED) is 0.705. The Hall–Kier alpha value is -2.74. The number of hydrogen-bond acceptors (Lipinski definition) is 5. The van der Waals surface area contributed by atoms with E-state index in [0.29, 0.717) is 40.5 Å². The molecule has 0 bridgehead atoms. The highest BCUT2D eigenvalue weighted by atomic mass is 79.9. The number of hydrogen-bond donors (Lipinski definition) is 2. The maximum atomic E-state index is 11.9. The monoisotopic (exact) mass is 385 g/mol. The van der Waals surface area contributed by atoms with E-state index >= 15 is 0 Å². The van der Waals surface area contributed by atoms with E-state index in [1.807, 2.05) is 0 Å². The van der Waals surface area contributed by atoms with Crippen LogP contribution in [0.25, 0.3) is 22.8 Å². The van der Waals surface area contributed by atoms with E-state index in [9.17, 15) is 9.90 Å². The molecule has 0 radical (unpaired) electrons. The molecule has 0 unspecified atom stereocenters. The van der Waals surface area contributed by atoms with Gasteiger partial charge in [-0.05, 0) is 46.3 Å². The van der Waals surface area contributed by atoms with Gasteiger partial charge in [0.15, 0.2) is 5.82 Å². The first-order chi connectivity index (χ1) is 11.6. The second kappa shape index (κ2) is 5.72. The normalized spacial score (nSPS) is 13.5. The first kappa shape index (κ1) is 14.8. The first-order valence-corrected chi connectivity index (χ1v) is 8.09. The third-order valence-corrected chi connectivity index (χ3v) is 4.38.